The summed E-state index contributed by atoms with van der Waals surface area (Å²) in [5.41, 5.74) is 1.58. The third-order valence-corrected chi connectivity index (χ3v) is 5.68. The number of hydrogen-bond acceptors (Lipinski definition) is 7. The Morgan fingerprint density at radius 2 is 2.03 bits per heavy atom. The monoisotopic (exact) mass is 442 g/mol. The summed E-state index contributed by atoms with van der Waals surface area (Å²) < 4.78 is 15.3. The molecule has 0 fully saturated rings. The molecule has 0 saturated carbocycles. The number of methoxy groups -OCH3 is 2. The van der Waals surface area contributed by atoms with E-state index in [1.807, 2.05) is 44.3 Å². The third kappa shape index (κ3) is 5.36. The van der Waals surface area contributed by atoms with Gasteiger partial charge >= 0.3 is 0 Å². The number of hydrogen-bond donors (Lipinski definition) is 2. The van der Waals surface area contributed by atoms with E-state index >= 15 is 0 Å². The number of aliphatic hydroxyl groups is 1. The average molecular weight is 443 g/mol. The van der Waals surface area contributed by atoms with Crippen LogP contribution in [-0.2, 0) is 12.0 Å². The van der Waals surface area contributed by atoms with Crippen LogP contribution in [0.25, 0.3) is 0 Å². The molecular weight excluding hydrogens is 416 g/mol. The summed E-state index contributed by atoms with van der Waals surface area (Å²) in [4.78, 5) is 17.8. The Morgan fingerprint density at radius 1 is 1.23 bits per heavy atom. The quantitative estimate of drug-likeness (QED) is 0.492. The summed E-state index contributed by atoms with van der Waals surface area (Å²) in [5.74, 6) is 0.642. The summed E-state index contributed by atoms with van der Waals surface area (Å²) in [6.45, 7) is 4.39. The molecule has 0 aliphatic heterocycles. The number of aromatic nitrogens is 3. The number of nitrogens with one attached hydrogen (secondary N) is 1. The molecule has 0 aliphatic rings. The van der Waals surface area contributed by atoms with E-state index < -0.39 is 5.41 Å². The fraction of sp³-hybridized carbons (Fsp3) is 0.318. The molecule has 0 saturated heterocycles. The van der Waals surface area contributed by atoms with Crippen LogP contribution in [0.5, 0.6) is 11.6 Å². The molecule has 31 heavy (non-hydrogen) atoms. The van der Waals surface area contributed by atoms with Gasteiger partial charge in [0.25, 0.3) is 5.91 Å². The van der Waals surface area contributed by atoms with Crippen molar-refractivity contribution in [3.8, 4) is 11.6 Å². The molecule has 164 valence electrons. The van der Waals surface area contributed by atoms with E-state index in [1.165, 1.54) is 7.11 Å². The average Bonchev–Trinajstić information content (AvgIpc) is 3.30. The number of benzene rings is 1. The van der Waals surface area contributed by atoms with Gasteiger partial charge in [0.15, 0.2) is 0 Å². The minimum atomic E-state index is -0.412. The first-order valence-corrected chi connectivity index (χ1v) is 10.5. The van der Waals surface area contributed by atoms with Crippen molar-refractivity contribution < 1.29 is 19.4 Å². The smallest absolute Gasteiger partial charge is 0.280 e. The van der Waals surface area contributed by atoms with Gasteiger partial charge in [-0.1, -0.05) is 19.9 Å². The molecule has 1 amide bonds. The molecule has 2 heterocycles. The first-order valence-electron chi connectivity index (χ1n) is 9.66. The van der Waals surface area contributed by atoms with Crippen LogP contribution in [-0.4, -0.2) is 46.6 Å². The van der Waals surface area contributed by atoms with Crippen LogP contribution in [0.1, 0.15) is 35.5 Å². The molecule has 0 radical (unpaired) electrons. The molecule has 0 unspecified atom stereocenters. The van der Waals surface area contributed by atoms with Crippen LogP contribution in [0.2, 0.25) is 0 Å². The van der Waals surface area contributed by atoms with E-state index in [-0.39, 0.29) is 18.2 Å². The zero-order chi connectivity index (χ0) is 22.4. The van der Waals surface area contributed by atoms with Gasteiger partial charge in [0, 0.05) is 23.4 Å². The number of rotatable bonds is 9. The second kappa shape index (κ2) is 9.84. The Bertz CT molecular complexity index is 1040. The molecule has 0 atom stereocenters. The van der Waals surface area contributed by atoms with Gasteiger partial charge < -0.3 is 14.6 Å². The number of nitrogens with zero attached hydrogens (tertiary/aromatic N) is 3. The second-order valence-corrected chi connectivity index (χ2v) is 8.36. The Balaban J connectivity index is 1.75. The zero-order valence-corrected chi connectivity index (χ0v) is 18.8. The van der Waals surface area contributed by atoms with Gasteiger partial charge in [-0.3, -0.25) is 14.2 Å². The van der Waals surface area contributed by atoms with Crippen molar-refractivity contribution in [1.29, 1.82) is 0 Å². The van der Waals surface area contributed by atoms with E-state index in [9.17, 15) is 9.90 Å². The minimum absolute atomic E-state index is 0.00435. The largest absolute Gasteiger partial charge is 0.496 e. The highest BCUT2D eigenvalue weighted by atomic mass is 32.2. The highest BCUT2D eigenvalue weighted by molar-refractivity contribution is 7.98. The SMILES string of the molecule is COc1ccc(C(C)(C)CO)cc1SNC(=O)c1ccc(Cn2cccn2)c(OC)n1. The van der Waals surface area contributed by atoms with Crippen molar-refractivity contribution in [2.75, 3.05) is 20.8 Å². The van der Waals surface area contributed by atoms with Crippen molar-refractivity contribution in [2.24, 2.45) is 0 Å². The molecule has 8 nitrogen and oxygen atoms in total. The van der Waals surface area contributed by atoms with Crippen LogP contribution >= 0.6 is 11.9 Å². The second-order valence-electron chi connectivity index (χ2n) is 7.51. The lowest BCUT2D eigenvalue weighted by Crippen LogP contribution is -2.22. The Labute approximate surface area is 185 Å². The van der Waals surface area contributed by atoms with Crippen molar-refractivity contribution in [3.63, 3.8) is 0 Å². The minimum Gasteiger partial charge on any atom is -0.496 e. The van der Waals surface area contributed by atoms with Gasteiger partial charge in [-0.25, -0.2) is 4.98 Å². The normalized spacial score (nSPS) is 11.3. The molecule has 2 N–H and O–H groups in total. The van der Waals surface area contributed by atoms with Gasteiger partial charge in [-0.2, -0.15) is 5.10 Å². The van der Waals surface area contributed by atoms with E-state index in [2.05, 4.69) is 14.8 Å². The fourth-order valence-corrected chi connectivity index (χ4v) is 3.63. The molecule has 2 aromatic heterocycles. The highest BCUT2D eigenvalue weighted by Crippen LogP contribution is 2.33. The number of amides is 1. The number of carbonyl (C=O) groups is 1. The lowest BCUT2D eigenvalue weighted by molar-refractivity contribution is 0.0978. The van der Waals surface area contributed by atoms with Crippen molar-refractivity contribution in [3.05, 3.63) is 65.6 Å². The van der Waals surface area contributed by atoms with E-state index in [1.54, 1.807) is 30.1 Å². The van der Waals surface area contributed by atoms with Crippen LogP contribution < -0.4 is 14.2 Å². The molecule has 3 aromatic rings. The maximum absolute atomic E-state index is 12.7. The van der Waals surface area contributed by atoms with Gasteiger partial charge in [0.2, 0.25) is 5.88 Å². The van der Waals surface area contributed by atoms with Gasteiger partial charge in [-0.05, 0) is 47.8 Å². The third-order valence-electron chi connectivity index (χ3n) is 4.85. The molecule has 9 heteroatoms. The first-order chi connectivity index (χ1) is 14.9. The number of carbonyl (C=O) groups excluding carboxylic acids is 1. The zero-order valence-electron chi connectivity index (χ0n) is 18.0. The van der Waals surface area contributed by atoms with E-state index in [0.29, 0.717) is 18.2 Å². The summed E-state index contributed by atoms with van der Waals surface area (Å²) in [7, 11) is 3.09. The lowest BCUT2D eigenvalue weighted by atomic mass is 9.86. The van der Waals surface area contributed by atoms with Crippen molar-refractivity contribution in [1.82, 2.24) is 19.5 Å². The summed E-state index contributed by atoms with van der Waals surface area (Å²) in [5, 5.41) is 13.8. The van der Waals surface area contributed by atoms with Crippen LogP contribution in [0.4, 0.5) is 0 Å². The van der Waals surface area contributed by atoms with Gasteiger partial charge in [0.05, 0.1) is 32.3 Å². The maximum atomic E-state index is 12.7. The summed E-state index contributed by atoms with van der Waals surface area (Å²) in [6.07, 6.45) is 3.54. The fourth-order valence-electron chi connectivity index (χ4n) is 2.88. The summed E-state index contributed by atoms with van der Waals surface area (Å²) >= 11 is 1.14. The Morgan fingerprint density at radius 3 is 2.68 bits per heavy atom. The van der Waals surface area contributed by atoms with Gasteiger partial charge in [-0.15, -0.1) is 0 Å². The van der Waals surface area contributed by atoms with E-state index in [0.717, 1.165) is 28.0 Å². The maximum Gasteiger partial charge on any atom is 0.280 e. The lowest BCUT2D eigenvalue weighted by Gasteiger charge is -2.23. The number of pyridine rings is 1. The van der Waals surface area contributed by atoms with Crippen LogP contribution in [0.15, 0.2) is 53.7 Å². The molecule has 0 aliphatic carbocycles. The Kier molecular flexibility index (Phi) is 7.19. The predicted molar refractivity (Wildman–Crippen MR) is 119 cm³/mol. The number of ether oxygens (including phenoxy) is 2. The standard InChI is InChI=1S/C22H26N4O4S/c1-22(2,14-27)16-7-9-18(29-3)19(12-16)31-25-20(28)17-8-6-15(21(24-17)30-4)13-26-11-5-10-23-26/h5-12,27H,13-14H2,1-4H3,(H,25,28). The number of aliphatic hydroxyl groups excluding tert-OH is 1. The molecule has 0 bridgehead atoms. The van der Waals surface area contributed by atoms with Crippen LogP contribution in [0, 0.1) is 0 Å². The van der Waals surface area contributed by atoms with E-state index in [4.69, 9.17) is 9.47 Å². The Hall–Kier alpha value is -3.04. The molecule has 0 spiro atoms. The van der Waals surface area contributed by atoms with Crippen LogP contribution in [0.3, 0.4) is 0 Å². The highest BCUT2D eigenvalue weighted by Gasteiger charge is 2.21. The van der Waals surface area contributed by atoms with Crippen molar-refractivity contribution in [2.45, 2.75) is 30.7 Å². The van der Waals surface area contributed by atoms with Gasteiger partial charge in [0.1, 0.15) is 11.4 Å². The molecule has 3 rings (SSSR count). The van der Waals surface area contributed by atoms with Crippen molar-refractivity contribution >= 4 is 17.9 Å². The first kappa shape index (κ1) is 22.6. The topological polar surface area (TPSA) is 98.5 Å². The predicted octanol–water partition coefficient (Wildman–Crippen LogP) is 3.05. The molecule has 1 aromatic carbocycles. The molecular formula is C22H26N4O4S. The summed E-state index contributed by atoms with van der Waals surface area (Å²) in [6, 6.07) is 10.9.